The van der Waals surface area contributed by atoms with Crippen LogP contribution < -0.4 is 5.73 Å². The molecule has 0 aliphatic heterocycles. The van der Waals surface area contributed by atoms with Crippen molar-refractivity contribution in [1.29, 1.82) is 0 Å². The summed E-state index contributed by atoms with van der Waals surface area (Å²) in [5, 5.41) is 3.46. The largest absolute Gasteiger partial charge is 0.469 e. The maximum absolute atomic E-state index is 5.29. The Morgan fingerprint density at radius 1 is 1.50 bits per heavy atom. The Morgan fingerprint density at radius 3 is 2.83 bits per heavy atom. The Bertz CT molecular complexity index is 391. The first kappa shape index (κ1) is 6.90. The van der Waals surface area contributed by atoms with Gasteiger partial charge in [-0.15, -0.1) is 0 Å². The number of hydrogen-bond donors (Lipinski definition) is 1. The zero-order chi connectivity index (χ0) is 8.55. The molecule has 12 heavy (non-hydrogen) atoms. The number of nitrogens with two attached hydrogens (primary N) is 1. The molecule has 0 radical (unpaired) electrons. The van der Waals surface area contributed by atoms with Crippen molar-refractivity contribution < 1.29 is 8.94 Å². The predicted octanol–water partition coefficient (Wildman–Crippen LogP) is 1.22. The molecule has 2 aromatic rings. The standard InChI is InChI=1S/C7H7N3O2/c1-4-5(2-3-11-4)6-9-7(8)10-12-6/h2-3H,1H3,(H2,8,10). The summed E-state index contributed by atoms with van der Waals surface area (Å²) in [7, 11) is 0. The predicted molar refractivity (Wildman–Crippen MR) is 41.1 cm³/mol. The summed E-state index contributed by atoms with van der Waals surface area (Å²) >= 11 is 0. The first-order valence-corrected chi connectivity index (χ1v) is 3.41. The van der Waals surface area contributed by atoms with E-state index in [0.717, 1.165) is 11.3 Å². The SMILES string of the molecule is Cc1occc1-c1nc(N)no1. The number of nitrogen functional groups attached to an aromatic ring is 1. The van der Waals surface area contributed by atoms with Gasteiger partial charge in [-0.1, -0.05) is 0 Å². The second-order valence-electron chi connectivity index (χ2n) is 2.35. The molecular formula is C7H7N3O2. The molecule has 0 aliphatic carbocycles. The normalized spacial score (nSPS) is 10.4. The minimum Gasteiger partial charge on any atom is -0.469 e. The van der Waals surface area contributed by atoms with Gasteiger partial charge in [-0.3, -0.25) is 0 Å². The quantitative estimate of drug-likeness (QED) is 0.687. The van der Waals surface area contributed by atoms with E-state index in [1.165, 1.54) is 0 Å². The van der Waals surface area contributed by atoms with Crippen molar-refractivity contribution in [3.8, 4) is 11.5 Å². The second-order valence-corrected chi connectivity index (χ2v) is 2.35. The molecule has 0 fully saturated rings. The topological polar surface area (TPSA) is 78.1 Å². The van der Waals surface area contributed by atoms with Crippen LogP contribution in [0, 0.1) is 6.92 Å². The Morgan fingerprint density at radius 2 is 2.33 bits per heavy atom. The van der Waals surface area contributed by atoms with Crippen molar-refractivity contribution in [2.75, 3.05) is 5.73 Å². The molecule has 62 valence electrons. The van der Waals surface area contributed by atoms with E-state index in [1.54, 1.807) is 12.3 Å². The van der Waals surface area contributed by atoms with Crippen molar-refractivity contribution in [2.24, 2.45) is 0 Å². The third-order valence-electron chi connectivity index (χ3n) is 1.53. The monoisotopic (exact) mass is 165 g/mol. The Hall–Kier alpha value is -1.78. The molecule has 2 N–H and O–H groups in total. The van der Waals surface area contributed by atoms with E-state index < -0.39 is 0 Å². The van der Waals surface area contributed by atoms with Gasteiger partial charge in [-0.05, 0) is 18.1 Å². The molecule has 5 nitrogen and oxygen atoms in total. The number of anilines is 1. The summed E-state index contributed by atoms with van der Waals surface area (Å²) in [5.74, 6) is 1.25. The van der Waals surface area contributed by atoms with Crippen LogP contribution in [-0.2, 0) is 0 Å². The van der Waals surface area contributed by atoms with Crippen molar-refractivity contribution >= 4 is 5.95 Å². The summed E-state index contributed by atoms with van der Waals surface area (Å²) in [6, 6.07) is 1.75. The van der Waals surface area contributed by atoms with Gasteiger partial charge in [0.05, 0.1) is 11.8 Å². The van der Waals surface area contributed by atoms with Gasteiger partial charge in [0.15, 0.2) is 0 Å². The van der Waals surface area contributed by atoms with E-state index >= 15 is 0 Å². The van der Waals surface area contributed by atoms with Gasteiger partial charge in [0, 0.05) is 0 Å². The highest BCUT2D eigenvalue weighted by atomic mass is 16.5. The lowest BCUT2D eigenvalue weighted by Gasteiger charge is -1.86. The van der Waals surface area contributed by atoms with E-state index in [4.69, 9.17) is 14.7 Å². The molecule has 0 aliphatic rings. The fraction of sp³-hybridized carbons (Fsp3) is 0.143. The van der Waals surface area contributed by atoms with Crippen LogP contribution in [0.1, 0.15) is 5.76 Å². The molecule has 0 aromatic carbocycles. The first-order valence-electron chi connectivity index (χ1n) is 3.41. The van der Waals surface area contributed by atoms with E-state index in [2.05, 4.69) is 10.1 Å². The van der Waals surface area contributed by atoms with Crippen molar-refractivity contribution in [2.45, 2.75) is 6.92 Å². The van der Waals surface area contributed by atoms with Crippen LogP contribution in [0.25, 0.3) is 11.5 Å². The van der Waals surface area contributed by atoms with Crippen LogP contribution in [0.2, 0.25) is 0 Å². The Balaban J connectivity index is 2.50. The lowest BCUT2D eigenvalue weighted by atomic mass is 10.3. The van der Waals surface area contributed by atoms with E-state index in [9.17, 15) is 0 Å². The average molecular weight is 165 g/mol. The molecule has 2 rings (SSSR count). The van der Waals surface area contributed by atoms with Gasteiger partial charge in [0.2, 0.25) is 0 Å². The zero-order valence-electron chi connectivity index (χ0n) is 6.44. The van der Waals surface area contributed by atoms with Crippen LogP contribution >= 0.6 is 0 Å². The smallest absolute Gasteiger partial charge is 0.263 e. The lowest BCUT2D eigenvalue weighted by molar-refractivity contribution is 0.431. The van der Waals surface area contributed by atoms with Gasteiger partial charge >= 0.3 is 0 Å². The number of aromatic nitrogens is 2. The van der Waals surface area contributed by atoms with Crippen LogP contribution in [0.15, 0.2) is 21.3 Å². The minimum absolute atomic E-state index is 0.130. The van der Waals surface area contributed by atoms with Crippen LogP contribution in [0.5, 0.6) is 0 Å². The summed E-state index contributed by atoms with van der Waals surface area (Å²) in [5.41, 5.74) is 6.07. The highest BCUT2D eigenvalue weighted by molar-refractivity contribution is 5.55. The van der Waals surface area contributed by atoms with Crippen LogP contribution in [0.4, 0.5) is 5.95 Å². The molecule has 0 saturated carbocycles. The maximum Gasteiger partial charge on any atom is 0.263 e. The number of nitrogens with zero attached hydrogens (tertiary/aromatic N) is 2. The van der Waals surface area contributed by atoms with Gasteiger partial charge in [0.25, 0.3) is 11.8 Å². The Labute approximate surface area is 68.2 Å². The highest BCUT2D eigenvalue weighted by Gasteiger charge is 2.10. The fourth-order valence-electron chi connectivity index (χ4n) is 0.951. The molecule has 0 spiro atoms. The van der Waals surface area contributed by atoms with E-state index in [-0.39, 0.29) is 5.95 Å². The van der Waals surface area contributed by atoms with Gasteiger partial charge in [-0.2, -0.15) is 4.98 Å². The molecular weight excluding hydrogens is 158 g/mol. The zero-order valence-corrected chi connectivity index (χ0v) is 6.44. The second kappa shape index (κ2) is 2.37. The van der Waals surface area contributed by atoms with Gasteiger partial charge in [0.1, 0.15) is 5.76 Å². The average Bonchev–Trinajstić information content (AvgIpc) is 2.58. The number of hydrogen-bond acceptors (Lipinski definition) is 5. The number of aryl methyl sites for hydroxylation is 1. The summed E-state index contributed by atoms with van der Waals surface area (Å²) < 4.78 is 9.90. The molecule has 5 heteroatoms. The van der Waals surface area contributed by atoms with Crippen molar-refractivity contribution in [3.63, 3.8) is 0 Å². The molecule has 0 saturated heterocycles. The van der Waals surface area contributed by atoms with Crippen LogP contribution in [-0.4, -0.2) is 10.1 Å². The number of rotatable bonds is 1. The fourth-order valence-corrected chi connectivity index (χ4v) is 0.951. The maximum atomic E-state index is 5.29. The third kappa shape index (κ3) is 0.952. The molecule has 2 aromatic heterocycles. The Kier molecular flexibility index (Phi) is 1.36. The van der Waals surface area contributed by atoms with Gasteiger partial charge < -0.3 is 14.7 Å². The molecule has 2 heterocycles. The van der Waals surface area contributed by atoms with Crippen LogP contribution in [0.3, 0.4) is 0 Å². The third-order valence-corrected chi connectivity index (χ3v) is 1.53. The molecule has 0 amide bonds. The van der Waals surface area contributed by atoms with Crippen molar-refractivity contribution in [3.05, 3.63) is 18.1 Å². The highest BCUT2D eigenvalue weighted by Crippen LogP contribution is 2.22. The summed E-state index contributed by atoms with van der Waals surface area (Å²) in [4.78, 5) is 3.85. The first-order chi connectivity index (χ1) is 5.77. The molecule has 0 unspecified atom stereocenters. The lowest BCUT2D eigenvalue weighted by Crippen LogP contribution is -1.85. The summed E-state index contributed by atoms with van der Waals surface area (Å²) in [6.07, 6.45) is 1.56. The molecule has 0 atom stereocenters. The van der Waals surface area contributed by atoms with Gasteiger partial charge in [-0.25, -0.2) is 0 Å². The van der Waals surface area contributed by atoms with Crippen molar-refractivity contribution in [1.82, 2.24) is 10.1 Å². The summed E-state index contributed by atoms with van der Waals surface area (Å²) in [6.45, 7) is 1.82. The van der Waals surface area contributed by atoms with E-state index in [1.807, 2.05) is 6.92 Å². The van der Waals surface area contributed by atoms with E-state index in [0.29, 0.717) is 5.89 Å². The molecule has 0 bridgehead atoms. The minimum atomic E-state index is 0.130. The number of furan rings is 1.